The van der Waals surface area contributed by atoms with Crippen LogP contribution in [-0.4, -0.2) is 35.9 Å². The first-order valence-corrected chi connectivity index (χ1v) is 7.10. The minimum Gasteiger partial charge on any atom is -0.480 e. The number of carboxylic acids is 1. The van der Waals surface area contributed by atoms with Gasteiger partial charge in [0.1, 0.15) is 5.54 Å². The lowest BCUT2D eigenvalue weighted by atomic mass is 9.80. The molecule has 0 aromatic heterocycles. The molecule has 0 aromatic carbocycles. The van der Waals surface area contributed by atoms with E-state index < -0.39 is 11.5 Å². The van der Waals surface area contributed by atoms with Gasteiger partial charge in [0.15, 0.2) is 0 Å². The lowest BCUT2D eigenvalue weighted by Gasteiger charge is -2.38. The molecular weight excluding hydrogens is 230 g/mol. The minimum absolute atomic E-state index is 0.0904. The number of hydrogen-bond donors (Lipinski definition) is 2. The molecule has 106 valence electrons. The topological polar surface area (TPSA) is 58.6 Å². The van der Waals surface area contributed by atoms with E-state index >= 15 is 0 Å². The monoisotopic (exact) mass is 257 g/mol. The van der Waals surface area contributed by atoms with Gasteiger partial charge in [-0.05, 0) is 38.1 Å². The van der Waals surface area contributed by atoms with E-state index in [2.05, 4.69) is 19.2 Å². The average molecular weight is 257 g/mol. The molecular formula is C14H27NO3. The molecule has 2 atom stereocenters. The molecule has 0 saturated heterocycles. The highest BCUT2D eigenvalue weighted by atomic mass is 16.5. The fourth-order valence-corrected chi connectivity index (χ4v) is 2.61. The highest BCUT2D eigenvalue weighted by Crippen LogP contribution is 2.30. The molecule has 0 aliphatic heterocycles. The molecule has 4 nitrogen and oxygen atoms in total. The molecule has 1 aliphatic rings. The number of likely N-dealkylation sites (N-methyl/N-ethyl adjacent to an activating group) is 1. The molecule has 0 amide bonds. The van der Waals surface area contributed by atoms with Crippen LogP contribution in [0.3, 0.4) is 0 Å². The first kappa shape index (κ1) is 15.4. The SMILES string of the molecule is CCNC1(C(=O)O)CCCC(OCCC(C)C)C1. The molecule has 0 bridgehead atoms. The first-order chi connectivity index (χ1) is 8.50. The zero-order valence-electron chi connectivity index (χ0n) is 11.9. The van der Waals surface area contributed by atoms with Crippen molar-refractivity contribution in [2.75, 3.05) is 13.2 Å². The Kier molecular flexibility index (Phi) is 6.09. The summed E-state index contributed by atoms with van der Waals surface area (Å²) in [7, 11) is 0. The Morgan fingerprint density at radius 2 is 2.28 bits per heavy atom. The standard InChI is InChI=1S/C14H27NO3/c1-4-15-14(13(16)17)8-5-6-12(10-14)18-9-7-11(2)3/h11-12,15H,4-10H2,1-3H3,(H,16,17). The molecule has 1 aliphatic carbocycles. The van der Waals surface area contributed by atoms with Crippen molar-refractivity contribution < 1.29 is 14.6 Å². The molecule has 0 radical (unpaired) electrons. The number of nitrogens with one attached hydrogen (secondary N) is 1. The second-order valence-electron chi connectivity index (χ2n) is 5.69. The van der Waals surface area contributed by atoms with E-state index in [-0.39, 0.29) is 6.10 Å². The van der Waals surface area contributed by atoms with Gasteiger partial charge in [-0.15, -0.1) is 0 Å². The Hall–Kier alpha value is -0.610. The van der Waals surface area contributed by atoms with Gasteiger partial charge in [-0.2, -0.15) is 0 Å². The zero-order chi connectivity index (χ0) is 13.6. The molecule has 1 saturated carbocycles. The van der Waals surface area contributed by atoms with E-state index in [1.807, 2.05) is 6.92 Å². The Balaban J connectivity index is 2.50. The number of hydrogen-bond acceptors (Lipinski definition) is 3. The van der Waals surface area contributed by atoms with Gasteiger partial charge in [-0.3, -0.25) is 4.79 Å². The lowest BCUT2D eigenvalue weighted by molar-refractivity contribution is -0.149. The van der Waals surface area contributed by atoms with Crippen molar-refractivity contribution in [3.8, 4) is 0 Å². The van der Waals surface area contributed by atoms with E-state index in [0.717, 1.165) is 25.9 Å². The van der Waals surface area contributed by atoms with E-state index in [0.29, 0.717) is 25.3 Å². The van der Waals surface area contributed by atoms with Crippen molar-refractivity contribution in [3.63, 3.8) is 0 Å². The summed E-state index contributed by atoms with van der Waals surface area (Å²) >= 11 is 0. The Labute approximate surface area is 110 Å². The predicted molar refractivity (Wildman–Crippen MR) is 71.7 cm³/mol. The number of ether oxygens (including phenoxy) is 1. The molecule has 1 rings (SSSR count). The van der Waals surface area contributed by atoms with Crippen molar-refractivity contribution in [2.45, 2.75) is 64.5 Å². The summed E-state index contributed by atoms with van der Waals surface area (Å²) in [4.78, 5) is 11.5. The zero-order valence-corrected chi connectivity index (χ0v) is 11.9. The maximum atomic E-state index is 11.5. The van der Waals surface area contributed by atoms with Gasteiger partial charge in [0.05, 0.1) is 6.10 Å². The third-order valence-electron chi connectivity index (χ3n) is 3.68. The largest absolute Gasteiger partial charge is 0.480 e. The lowest BCUT2D eigenvalue weighted by Crippen LogP contribution is -2.56. The van der Waals surface area contributed by atoms with E-state index in [1.54, 1.807) is 0 Å². The molecule has 4 heteroatoms. The van der Waals surface area contributed by atoms with Crippen LogP contribution in [-0.2, 0) is 9.53 Å². The van der Waals surface area contributed by atoms with E-state index in [9.17, 15) is 9.90 Å². The van der Waals surface area contributed by atoms with Crippen molar-refractivity contribution in [1.82, 2.24) is 5.32 Å². The van der Waals surface area contributed by atoms with Crippen LogP contribution in [0, 0.1) is 5.92 Å². The van der Waals surface area contributed by atoms with Gasteiger partial charge in [0.25, 0.3) is 0 Å². The molecule has 2 unspecified atom stereocenters. The van der Waals surface area contributed by atoms with E-state index in [4.69, 9.17) is 4.74 Å². The summed E-state index contributed by atoms with van der Waals surface area (Å²) in [5.74, 6) is -0.104. The molecule has 0 aromatic rings. The van der Waals surface area contributed by atoms with Crippen LogP contribution >= 0.6 is 0 Å². The van der Waals surface area contributed by atoms with Crippen LogP contribution in [0.2, 0.25) is 0 Å². The normalized spacial score (nSPS) is 28.6. The quantitative estimate of drug-likeness (QED) is 0.735. The molecule has 0 spiro atoms. The molecule has 18 heavy (non-hydrogen) atoms. The smallest absolute Gasteiger partial charge is 0.323 e. The van der Waals surface area contributed by atoms with Gasteiger partial charge >= 0.3 is 5.97 Å². The van der Waals surface area contributed by atoms with Crippen molar-refractivity contribution >= 4 is 5.97 Å². The Bertz CT molecular complexity index is 264. The Morgan fingerprint density at radius 3 is 2.83 bits per heavy atom. The number of carbonyl (C=O) groups is 1. The first-order valence-electron chi connectivity index (χ1n) is 7.10. The fraction of sp³-hybridized carbons (Fsp3) is 0.929. The number of rotatable bonds is 7. The van der Waals surface area contributed by atoms with Gasteiger partial charge in [0, 0.05) is 13.0 Å². The summed E-state index contributed by atoms with van der Waals surface area (Å²) in [6.45, 7) is 7.72. The van der Waals surface area contributed by atoms with Crippen LogP contribution in [0.15, 0.2) is 0 Å². The summed E-state index contributed by atoms with van der Waals surface area (Å²) < 4.78 is 5.84. The number of aliphatic carboxylic acids is 1. The second-order valence-corrected chi connectivity index (χ2v) is 5.69. The van der Waals surface area contributed by atoms with Crippen molar-refractivity contribution in [2.24, 2.45) is 5.92 Å². The van der Waals surface area contributed by atoms with Crippen LogP contribution in [0.4, 0.5) is 0 Å². The average Bonchev–Trinajstić information content (AvgIpc) is 2.29. The highest BCUT2D eigenvalue weighted by molar-refractivity contribution is 5.79. The van der Waals surface area contributed by atoms with Gasteiger partial charge in [-0.25, -0.2) is 0 Å². The highest BCUT2D eigenvalue weighted by Gasteiger charge is 2.42. The van der Waals surface area contributed by atoms with Crippen molar-refractivity contribution in [1.29, 1.82) is 0 Å². The third-order valence-corrected chi connectivity index (χ3v) is 3.68. The molecule has 1 fully saturated rings. The predicted octanol–water partition coefficient (Wildman–Crippen LogP) is 2.42. The summed E-state index contributed by atoms with van der Waals surface area (Å²) in [5.41, 5.74) is -0.768. The van der Waals surface area contributed by atoms with E-state index in [1.165, 1.54) is 0 Å². The minimum atomic E-state index is -0.768. The van der Waals surface area contributed by atoms with Crippen LogP contribution in [0.5, 0.6) is 0 Å². The van der Waals surface area contributed by atoms with Crippen LogP contribution in [0.1, 0.15) is 52.9 Å². The molecule has 2 N–H and O–H groups in total. The summed E-state index contributed by atoms with van der Waals surface area (Å²) in [5, 5.41) is 12.6. The summed E-state index contributed by atoms with van der Waals surface area (Å²) in [6.07, 6.45) is 4.34. The fourth-order valence-electron chi connectivity index (χ4n) is 2.61. The van der Waals surface area contributed by atoms with Gasteiger partial charge < -0.3 is 15.2 Å². The summed E-state index contributed by atoms with van der Waals surface area (Å²) in [6, 6.07) is 0. The molecule has 0 heterocycles. The van der Waals surface area contributed by atoms with Gasteiger partial charge in [-0.1, -0.05) is 20.8 Å². The van der Waals surface area contributed by atoms with Crippen LogP contribution in [0.25, 0.3) is 0 Å². The van der Waals surface area contributed by atoms with Crippen LogP contribution < -0.4 is 5.32 Å². The Morgan fingerprint density at radius 1 is 1.56 bits per heavy atom. The third kappa shape index (κ3) is 4.25. The maximum Gasteiger partial charge on any atom is 0.323 e. The number of carboxylic acid groups (broad SMARTS) is 1. The second kappa shape index (κ2) is 7.10. The van der Waals surface area contributed by atoms with Crippen molar-refractivity contribution in [3.05, 3.63) is 0 Å². The van der Waals surface area contributed by atoms with Gasteiger partial charge in [0.2, 0.25) is 0 Å². The maximum absolute atomic E-state index is 11.5.